The predicted octanol–water partition coefficient (Wildman–Crippen LogP) is 0.227. The number of carbonyl (C=O) groups excluding carboxylic acids is 1. The first-order valence-corrected chi connectivity index (χ1v) is 6.04. The summed E-state index contributed by atoms with van der Waals surface area (Å²) in [5, 5.41) is 18.1. The number of pyridine rings is 1. The summed E-state index contributed by atoms with van der Waals surface area (Å²) in [5.74, 6) is 0.0873. The van der Waals surface area contributed by atoms with E-state index < -0.39 is 0 Å². The van der Waals surface area contributed by atoms with Crippen molar-refractivity contribution in [3.8, 4) is 0 Å². The molecule has 0 spiro atoms. The number of carbonyl (C=O) groups is 1. The number of fused-ring (bicyclic) bond motifs is 1. The van der Waals surface area contributed by atoms with Crippen molar-refractivity contribution in [1.29, 1.82) is 0 Å². The largest absolute Gasteiger partial charge is 0.304 e. The molecule has 9 heteroatoms. The fraction of sp³-hybridized carbons (Fsp3) is 0.273. The lowest BCUT2D eigenvalue weighted by molar-refractivity contribution is 0.102. The second kappa shape index (κ2) is 4.68. The first kappa shape index (κ1) is 12.2. The molecule has 3 rings (SSSR count). The van der Waals surface area contributed by atoms with Crippen LogP contribution in [0.1, 0.15) is 17.3 Å². The molecular formula is C11H12N8O. The van der Waals surface area contributed by atoms with Crippen LogP contribution < -0.4 is 5.32 Å². The van der Waals surface area contributed by atoms with Crippen LogP contribution in [0.15, 0.2) is 18.5 Å². The molecule has 1 amide bonds. The zero-order valence-corrected chi connectivity index (χ0v) is 11.0. The molecule has 0 radical (unpaired) electrons. The Balaban J connectivity index is 1.84. The van der Waals surface area contributed by atoms with Gasteiger partial charge in [-0.2, -0.15) is 0 Å². The molecule has 3 aromatic heterocycles. The molecule has 9 nitrogen and oxygen atoms in total. The van der Waals surface area contributed by atoms with Crippen molar-refractivity contribution < 1.29 is 4.79 Å². The van der Waals surface area contributed by atoms with Crippen molar-refractivity contribution in [2.75, 3.05) is 5.32 Å². The predicted molar refractivity (Wildman–Crippen MR) is 70.0 cm³/mol. The number of rotatable bonds is 3. The Labute approximate surface area is 113 Å². The van der Waals surface area contributed by atoms with E-state index >= 15 is 0 Å². The Bertz CT molecular complexity index is 774. The average molecular weight is 272 g/mol. The van der Waals surface area contributed by atoms with E-state index in [2.05, 4.69) is 30.9 Å². The van der Waals surface area contributed by atoms with Gasteiger partial charge in [-0.1, -0.05) is 10.4 Å². The van der Waals surface area contributed by atoms with Crippen LogP contribution in [0.4, 0.5) is 5.82 Å². The van der Waals surface area contributed by atoms with Gasteiger partial charge in [0.25, 0.3) is 5.91 Å². The maximum absolute atomic E-state index is 12.1. The number of nitrogens with one attached hydrogen (secondary N) is 1. The molecule has 0 fully saturated rings. The maximum atomic E-state index is 12.1. The second-order valence-electron chi connectivity index (χ2n) is 4.19. The number of aromatic nitrogens is 7. The number of nitrogens with zero attached hydrogens (tertiary/aromatic N) is 7. The molecule has 1 N–H and O–H groups in total. The molecule has 102 valence electrons. The van der Waals surface area contributed by atoms with Crippen LogP contribution in [0.2, 0.25) is 0 Å². The minimum atomic E-state index is -0.312. The highest BCUT2D eigenvalue weighted by atomic mass is 16.1. The van der Waals surface area contributed by atoms with E-state index in [1.165, 1.54) is 6.20 Å². The van der Waals surface area contributed by atoms with Crippen LogP contribution in [0.25, 0.3) is 11.2 Å². The summed E-state index contributed by atoms with van der Waals surface area (Å²) in [5.41, 5.74) is 1.58. The lowest BCUT2D eigenvalue weighted by Crippen LogP contribution is -2.12. The van der Waals surface area contributed by atoms with Crippen molar-refractivity contribution in [3.63, 3.8) is 0 Å². The van der Waals surface area contributed by atoms with Gasteiger partial charge in [0, 0.05) is 19.8 Å². The molecule has 0 bridgehead atoms. The van der Waals surface area contributed by atoms with Crippen LogP contribution in [0, 0.1) is 0 Å². The smallest absolute Gasteiger partial charge is 0.258 e. The Hall–Kier alpha value is -2.84. The Morgan fingerprint density at radius 1 is 1.35 bits per heavy atom. The van der Waals surface area contributed by atoms with Gasteiger partial charge in [-0.15, -0.1) is 10.2 Å². The highest BCUT2D eigenvalue weighted by Gasteiger charge is 2.12. The van der Waals surface area contributed by atoms with Gasteiger partial charge in [-0.3, -0.25) is 9.48 Å². The molecule has 0 saturated carbocycles. The number of hydrogen-bond acceptors (Lipinski definition) is 6. The third-order valence-electron chi connectivity index (χ3n) is 2.81. The van der Waals surface area contributed by atoms with Gasteiger partial charge in [0.1, 0.15) is 5.52 Å². The summed E-state index contributed by atoms with van der Waals surface area (Å²) in [6, 6.07) is 1.63. The topological polar surface area (TPSA) is 103 Å². The summed E-state index contributed by atoms with van der Waals surface area (Å²) in [4.78, 5) is 16.2. The average Bonchev–Trinajstić information content (AvgIpc) is 3.05. The molecule has 20 heavy (non-hydrogen) atoms. The third-order valence-corrected chi connectivity index (χ3v) is 2.81. The van der Waals surface area contributed by atoms with Gasteiger partial charge >= 0.3 is 0 Å². The molecule has 0 aliphatic carbocycles. The van der Waals surface area contributed by atoms with Crippen LogP contribution >= 0.6 is 0 Å². The Morgan fingerprint density at radius 2 is 2.20 bits per heavy atom. The van der Waals surface area contributed by atoms with Crippen molar-refractivity contribution >= 4 is 22.9 Å². The monoisotopic (exact) mass is 272 g/mol. The molecule has 0 aromatic carbocycles. The fourth-order valence-electron chi connectivity index (χ4n) is 1.75. The van der Waals surface area contributed by atoms with E-state index in [1.807, 2.05) is 6.92 Å². The van der Waals surface area contributed by atoms with Crippen LogP contribution in [-0.4, -0.2) is 40.9 Å². The van der Waals surface area contributed by atoms with Gasteiger partial charge in [0.2, 0.25) is 0 Å². The highest BCUT2D eigenvalue weighted by molar-refractivity contribution is 6.04. The Morgan fingerprint density at radius 3 is 2.95 bits per heavy atom. The number of hydrogen-bond donors (Lipinski definition) is 1. The summed E-state index contributed by atoms with van der Waals surface area (Å²) >= 11 is 0. The molecule has 0 unspecified atom stereocenters. The van der Waals surface area contributed by atoms with Crippen molar-refractivity contribution in [2.24, 2.45) is 7.05 Å². The van der Waals surface area contributed by atoms with Gasteiger partial charge in [-0.05, 0) is 13.0 Å². The van der Waals surface area contributed by atoms with Gasteiger partial charge in [-0.25, -0.2) is 9.67 Å². The first-order valence-electron chi connectivity index (χ1n) is 6.04. The highest BCUT2D eigenvalue weighted by Crippen LogP contribution is 2.11. The van der Waals surface area contributed by atoms with Gasteiger partial charge < -0.3 is 5.32 Å². The number of anilines is 1. The van der Waals surface area contributed by atoms with E-state index in [0.717, 1.165) is 0 Å². The zero-order chi connectivity index (χ0) is 14.1. The standard InChI is InChI=1S/C11H12N8O/c1-3-19-6-9(15-17-19)13-11(20)7-4-8-10(12-5-7)18(2)16-14-8/h4-6H,3H2,1-2H3,(H,13,20). The second-order valence-corrected chi connectivity index (χ2v) is 4.19. The van der Waals surface area contributed by atoms with E-state index in [9.17, 15) is 4.79 Å². The zero-order valence-electron chi connectivity index (χ0n) is 11.0. The number of amides is 1. The third kappa shape index (κ3) is 2.09. The SMILES string of the molecule is CCn1cc(NC(=O)c2cnc3c(c2)nnn3C)nn1. The van der Waals surface area contributed by atoms with Gasteiger partial charge in [0.15, 0.2) is 11.5 Å². The first-order chi connectivity index (χ1) is 9.67. The van der Waals surface area contributed by atoms with E-state index in [4.69, 9.17) is 0 Å². The lowest BCUT2D eigenvalue weighted by Gasteiger charge is -2.00. The van der Waals surface area contributed by atoms with Crippen molar-refractivity contribution in [1.82, 2.24) is 35.0 Å². The van der Waals surface area contributed by atoms with E-state index in [1.54, 1.807) is 28.7 Å². The van der Waals surface area contributed by atoms with Crippen LogP contribution in [0.5, 0.6) is 0 Å². The molecule has 3 aromatic rings. The van der Waals surface area contributed by atoms with Gasteiger partial charge in [0.05, 0.1) is 11.8 Å². The molecule has 0 aliphatic heterocycles. The Kier molecular flexibility index (Phi) is 2.86. The van der Waals surface area contributed by atoms with E-state index in [-0.39, 0.29) is 5.91 Å². The minimum Gasteiger partial charge on any atom is -0.304 e. The van der Waals surface area contributed by atoms with Crippen molar-refractivity contribution in [2.45, 2.75) is 13.5 Å². The van der Waals surface area contributed by atoms with Crippen LogP contribution in [-0.2, 0) is 13.6 Å². The lowest BCUT2D eigenvalue weighted by atomic mass is 10.2. The normalized spacial score (nSPS) is 10.9. The molecule has 3 heterocycles. The number of aryl methyl sites for hydroxylation is 2. The quantitative estimate of drug-likeness (QED) is 0.731. The van der Waals surface area contributed by atoms with Crippen molar-refractivity contribution in [3.05, 3.63) is 24.0 Å². The minimum absolute atomic E-state index is 0.312. The summed E-state index contributed by atoms with van der Waals surface area (Å²) in [6.45, 7) is 2.63. The summed E-state index contributed by atoms with van der Waals surface area (Å²) in [6.07, 6.45) is 3.14. The fourth-order valence-corrected chi connectivity index (χ4v) is 1.75. The summed E-state index contributed by atoms with van der Waals surface area (Å²) in [7, 11) is 1.74. The molecule has 0 saturated heterocycles. The summed E-state index contributed by atoms with van der Waals surface area (Å²) < 4.78 is 3.17. The maximum Gasteiger partial charge on any atom is 0.258 e. The molecule has 0 atom stereocenters. The molecule has 0 aliphatic rings. The van der Waals surface area contributed by atoms with Crippen LogP contribution in [0.3, 0.4) is 0 Å². The van der Waals surface area contributed by atoms with E-state index in [0.29, 0.717) is 29.1 Å². The molecular weight excluding hydrogens is 260 g/mol.